The van der Waals surface area contributed by atoms with Crippen molar-refractivity contribution in [2.75, 3.05) is 0 Å². The van der Waals surface area contributed by atoms with Gasteiger partial charge in [-0.05, 0) is 31.3 Å². The zero-order valence-electron chi connectivity index (χ0n) is 16.0. The molecular weight excluding hydrogens is 312 g/mol. The highest BCUT2D eigenvalue weighted by atomic mass is 16.5. The van der Waals surface area contributed by atoms with E-state index in [1.165, 1.54) is 0 Å². The number of allylic oxidation sites excluding steroid dienone is 1. The van der Waals surface area contributed by atoms with Crippen molar-refractivity contribution in [2.24, 2.45) is 11.8 Å². The molecule has 1 rings (SSSR count). The molecule has 0 aromatic heterocycles. The monoisotopic (exact) mass is 346 g/mol. The number of carbonyl (C=O) groups excluding carboxylic acids is 2. The maximum atomic E-state index is 12.1. The second-order valence-electron chi connectivity index (χ2n) is 7.10. The fourth-order valence-electron chi connectivity index (χ4n) is 3.25. The molecule has 0 unspecified atom stereocenters. The van der Waals surface area contributed by atoms with E-state index in [4.69, 9.17) is 11.2 Å². The summed E-state index contributed by atoms with van der Waals surface area (Å²) in [4.78, 5) is 23.7. The number of Topliss-reactive ketones (excluding diaryl/α,β-unsaturated/α-hetero) is 1. The van der Waals surface area contributed by atoms with Gasteiger partial charge in [-0.25, -0.2) is 0 Å². The second-order valence-corrected chi connectivity index (χ2v) is 7.10. The summed E-state index contributed by atoms with van der Waals surface area (Å²) in [5.41, 5.74) is 0. The van der Waals surface area contributed by atoms with Crippen LogP contribution in [0.25, 0.3) is 0 Å². The van der Waals surface area contributed by atoms with Crippen LogP contribution in [0, 0.1) is 24.2 Å². The average Bonchev–Trinajstić information content (AvgIpc) is 2.96. The maximum absolute atomic E-state index is 12.1. The Bertz CT molecular complexity index is 472. The van der Waals surface area contributed by atoms with Crippen LogP contribution in [0.5, 0.6) is 0 Å². The number of carbonyl (C=O) groups is 2. The first-order valence-corrected chi connectivity index (χ1v) is 9.96. The van der Waals surface area contributed by atoms with Gasteiger partial charge in [-0.1, -0.05) is 52.0 Å². The van der Waals surface area contributed by atoms with Crippen LogP contribution in [-0.4, -0.2) is 17.9 Å². The van der Waals surface area contributed by atoms with Gasteiger partial charge in [0.15, 0.2) is 0 Å². The number of esters is 1. The zero-order chi connectivity index (χ0) is 18.5. The van der Waals surface area contributed by atoms with Crippen molar-refractivity contribution in [1.82, 2.24) is 0 Å². The summed E-state index contributed by atoms with van der Waals surface area (Å²) in [6.07, 6.45) is 19.2. The molecule has 1 aliphatic rings. The molecule has 0 aromatic rings. The molecule has 0 bridgehead atoms. The molecule has 0 saturated heterocycles. The van der Waals surface area contributed by atoms with Gasteiger partial charge >= 0.3 is 5.97 Å². The van der Waals surface area contributed by atoms with Crippen molar-refractivity contribution in [3.63, 3.8) is 0 Å². The van der Waals surface area contributed by atoms with Gasteiger partial charge in [-0.3, -0.25) is 9.59 Å². The van der Waals surface area contributed by atoms with Crippen LogP contribution >= 0.6 is 0 Å². The van der Waals surface area contributed by atoms with Crippen molar-refractivity contribution >= 4 is 11.8 Å². The van der Waals surface area contributed by atoms with Crippen molar-refractivity contribution in [3.05, 3.63) is 12.2 Å². The highest BCUT2D eigenvalue weighted by Gasteiger charge is 2.29. The molecule has 0 aliphatic heterocycles. The number of ether oxygens (including phenoxy) is 1. The molecule has 3 nitrogen and oxygen atoms in total. The molecule has 0 amide bonds. The lowest BCUT2D eigenvalue weighted by Crippen LogP contribution is -2.17. The average molecular weight is 347 g/mol. The third-order valence-electron chi connectivity index (χ3n) is 4.82. The van der Waals surface area contributed by atoms with Gasteiger partial charge in [0.2, 0.25) is 0 Å². The summed E-state index contributed by atoms with van der Waals surface area (Å²) in [6, 6.07) is 0. The predicted molar refractivity (Wildman–Crippen MR) is 102 cm³/mol. The van der Waals surface area contributed by atoms with E-state index in [2.05, 4.69) is 19.8 Å². The van der Waals surface area contributed by atoms with E-state index in [-0.39, 0.29) is 29.7 Å². The molecule has 3 atom stereocenters. The van der Waals surface area contributed by atoms with Gasteiger partial charge in [0.25, 0.3) is 0 Å². The van der Waals surface area contributed by atoms with E-state index in [0.29, 0.717) is 19.3 Å². The minimum Gasteiger partial charge on any atom is -0.458 e. The van der Waals surface area contributed by atoms with Gasteiger partial charge in [0, 0.05) is 25.2 Å². The van der Waals surface area contributed by atoms with Crippen LogP contribution < -0.4 is 0 Å². The predicted octanol–water partition coefficient (Wildman–Crippen LogP) is 5.23. The maximum Gasteiger partial charge on any atom is 0.306 e. The Kier molecular flexibility index (Phi) is 11.0. The first kappa shape index (κ1) is 21.5. The van der Waals surface area contributed by atoms with E-state index in [1.807, 2.05) is 12.2 Å². The highest BCUT2D eigenvalue weighted by Crippen LogP contribution is 2.30. The normalized spacial score (nSPS) is 21.4. The van der Waals surface area contributed by atoms with Crippen molar-refractivity contribution in [3.8, 4) is 12.3 Å². The molecule has 0 spiro atoms. The molecular formula is C22H34O3. The minimum atomic E-state index is -0.195. The van der Waals surface area contributed by atoms with Crippen LogP contribution in [-0.2, 0) is 14.3 Å². The second kappa shape index (κ2) is 12.8. The molecule has 3 heteroatoms. The molecule has 1 aliphatic carbocycles. The third-order valence-corrected chi connectivity index (χ3v) is 4.82. The topological polar surface area (TPSA) is 43.4 Å². The van der Waals surface area contributed by atoms with E-state index < -0.39 is 0 Å². The van der Waals surface area contributed by atoms with Crippen molar-refractivity contribution in [1.29, 1.82) is 0 Å². The Morgan fingerprint density at radius 3 is 2.60 bits per heavy atom. The Labute approximate surface area is 153 Å². The summed E-state index contributed by atoms with van der Waals surface area (Å²) < 4.78 is 5.67. The van der Waals surface area contributed by atoms with Crippen LogP contribution in [0.1, 0.15) is 84.5 Å². The zero-order valence-corrected chi connectivity index (χ0v) is 16.0. The molecule has 140 valence electrons. The largest absolute Gasteiger partial charge is 0.458 e. The molecule has 1 saturated carbocycles. The molecule has 0 radical (unpaired) electrons. The lowest BCUT2D eigenvalue weighted by atomic mass is 9.95. The number of hydrogen-bond acceptors (Lipinski definition) is 3. The molecule has 0 N–H and O–H groups in total. The van der Waals surface area contributed by atoms with Crippen LogP contribution in [0.3, 0.4) is 0 Å². The number of hydrogen-bond donors (Lipinski definition) is 0. The standard InChI is InChI=1S/C22H34O3/c1-4-7-9-11-13-22(24)25-21(12-10-8-5-2)15-14-19-17-20(23)16-18(19)6-3/h3,14-15,18-19,21H,4-5,7-13,16-17H2,1-2H3/t18-,19-,21+/m1/s1. The van der Waals surface area contributed by atoms with Crippen LogP contribution in [0.4, 0.5) is 0 Å². The fraction of sp³-hybridized carbons (Fsp3) is 0.727. The van der Waals surface area contributed by atoms with E-state index in [0.717, 1.165) is 51.4 Å². The van der Waals surface area contributed by atoms with E-state index in [1.54, 1.807) is 0 Å². The summed E-state index contributed by atoms with van der Waals surface area (Å²) in [5.74, 6) is 2.92. The smallest absolute Gasteiger partial charge is 0.306 e. The number of terminal acetylenes is 1. The minimum absolute atomic E-state index is 0.00946. The number of unbranched alkanes of at least 4 members (excludes halogenated alkanes) is 5. The summed E-state index contributed by atoms with van der Waals surface area (Å²) >= 11 is 0. The van der Waals surface area contributed by atoms with Gasteiger partial charge < -0.3 is 4.74 Å². The van der Waals surface area contributed by atoms with E-state index in [9.17, 15) is 9.59 Å². The van der Waals surface area contributed by atoms with Crippen LogP contribution in [0.15, 0.2) is 12.2 Å². The Balaban J connectivity index is 2.53. The quantitative estimate of drug-likeness (QED) is 0.210. The van der Waals surface area contributed by atoms with Gasteiger partial charge in [-0.2, -0.15) is 0 Å². The highest BCUT2D eigenvalue weighted by molar-refractivity contribution is 5.82. The molecule has 0 heterocycles. The fourth-order valence-corrected chi connectivity index (χ4v) is 3.25. The molecule has 0 aromatic carbocycles. The van der Waals surface area contributed by atoms with E-state index >= 15 is 0 Å². The Morgan fingerprint density at radius 1 is 1.20 bits per heavy atom. The first-order chi connectivity index (χ1) is 12.1. The number of rotatable bonds is 12. The van der Waals surface area contributed by atoms with Crippen molar-refractivity contribution in [2.45, 2.75) is 90.6 Å². The lowest BCUT2D eigenvalue weighted by molar-refractivity contribution is -0.147. The molecule has 1 fully saturated rings. The SMILES string of the molecule is C#C[C@@H]1CC(=O)C[C@H]1C=C[C@H](CCCCC)OC(=O)CCCCCC. The Hall–Kier alpha value is -1.56. The third kappa shape index (κ3) is 8.91. The summed E-state index contributed by atoms with van der Waals surface area (Å²) in [6.45, 7) is 4.32. The van der Waals surface area contributed by atoms with Gasteiger partial charge in [-0.15, -0.1) is 12.3 Å². The lowest BCUT2D eigenvalue weighted by Gasteiger charge is -2.16. The van der Waals surface area contributed by atoms with Crippen molar-refractivity contribution < 1.29 is 14.3 Å². The summed E-state index contributed by atoms with van der Waals surface area (Å²) in [7, 11) is 0. The summed E-state index contributed by atoms with van der Waals surface area (Å²) in [5, 5.41) is 0. The first-order valence-electron chi connectivity index (χ1n) is 9.96. The van der Waals surface area contributed by atoms with Gasteiger partial charge in [0.05, 0.1) is 0 Å². The van der Waals surface area contributed by atoms with Crippen LogP contribution in [0.2, 0.25) is 0 Å². The Morgan fingerprint density at radius 2 is 1.92 bits per heavy atom. The number of ketones is 1. The molecule has 25 heavy (non-hydrogen) atoms. The van der Waals surface area contributed by atoms with Gasteiger partial charge in [0.1, 0.15) is 11.9 Å².